The number of halogens is 4. The number of aryl methyl sites for hydroxylation is 4. The fraction of sp³-hybridized carbons (Fsp3) is 0.384. The van der Waals surface area contributed by atoms with Crippen molar-refractivity contribution in [1.82, 2.24) is 70.6 Å². The fourth-order valence-corrected chi connectivity index (χ4v) is 21.5. The van der Waals surface area contributed by atoms with Crippen LogP contribution in [0.4, 0.5) is 63.6 Å². The van der Waals surface area contributed by atoms with Gasteiger partial charge in [0.2, 0.25) is 5.91 Å². The second-order valence-corrected chi connectivity index (χ2v) is 37.2. The lowest BCUT2D eigenvalue weighted by Gasteiger charge is -2.36. The topological polar surface area (TPSA) is 401 Å². The molecule has 7 aliphatic carbocycles. The van der Waals surface area contributed by atoms with Gasteiger partial charge in [-0.05, 0) is 232 Å². The first kappa shape index (κ1) is 88.0. The molecule has 4 bridgehead atoms. The first-order valence-corrected chi connectivity index (χ1v) is 46.0. The van der Waals surface area contributed by atoms with Gasteiger partial charge in [0.25, 0.3) is 0 Å². The molecule has 8 unspecified atom stereocenters. The second-order valence-electron chi connectivity index (χ2n) is 37.2. The summed E-state index contributed by atoms with van der Waals surface area (Å²) in [6.45, 7) is 13.1. The first-order valence-electron chi connectivity index (χ1n) is 46.0. The van der Waals surface area contributed by atoms with Crippen molar-refractivity contribution in [2.24, 2.45) is 46.3 Å². The molecule has 12 aromatic rings. The number of carbonyl (C=O) groups is 1. The van der Waals surface area contributed by atoms with Crippen molar-refractivity contribution in [2.75, 3.05) is 128 Å². The van der Waals surface area contributed by atoms with E-state index in [2.05, 4.69) is 71.6 Å². The molecule has 10 atom stereocenters. The van der Waals surface area contributed by atoms with Crippen LogP contribution in [-0.2, 0) is 35.3 Å². The van der Waals surface area contributed by atoms with Crippen molar-refractivity contribution in [2.45, 2.75) is 128 Å². The van der Waals surface area contributed by atoms with Crippen LogP contribution >= 0.6 is 0 Å². The average Bonchev–Trinajstić information content (AvgIpc) is 1.58. The average molecular weight is 1830 g/mol. The van der Waals surface area contributed by atoms with Crippen LogP contribution in [0.2, 0.25) is 0 Å². The number of ether oxygens (including phenoxy) is 4. The molecule has 696 valence electrons. The lowest BCUT2D eigenvalue weighted by molar-refractivity contribution is -0.124. The van der Waals surface area contributed by atoms with Crippen LogP contribution in [0, 0.1) is 80.1 Å². The fourth-order valence-electron chi connectivity index (χ4n) is 21.5. The Bertz CT molecular complexity index is 6620. The molecule has 6 saturated heterocycles. The monoisotopic (exact) mass is 1830 g/mol. The van der Waals surface area contributed by atoms with Gasteiger partial charge in [-0.25, -0.2) is 17.6 Å². The number of aromatic nitrogens is 12. The zero-order valence-electron chi connectivity index (χ0n) is 76.1. The van der Waals surface area contributed by atoms with Gasteiger partial charge in [0.15, 0.2) is 0 Å². The van der Waals surface area contributed by atoms with Crippen LogP contribution in [0.25, 0.3) is 44.5 Å². The number of benzene rings is 4. The smallest absolute Gasteiger partial charge is 0.324 e. The molecule has 1 spiro atoms. The molecule has 14 heterocycles. The summed E-state index contributed by atoms with van der Waals surface area (Å²) in [7, 11) is 7.19. The minimum absolute atomic E-state index is 0.0932. The summed E-state index contributed by atoms with van der Waals surface area (Å²) in [6, 6.07) is 28.1. The molecule has 4 aromatic carbocycles. The number of rotatable bonds is 20. The van der Waals surface area contributed by atoms with Gasteiger partial charge in [0.1, 0.15) is 75.6 Å². The van der Waals surface area contributed by atoms with Gasteiger partial charge in [0, 0.05) is 190 Å². The van der Waals surface area contributed by atoms with Crippen molar-refractivity contribution in [1.29, 1.82) is 0 Å². The zero-order chi connectivity index (χ0) is 93.1. The van der Waals surface area contributed by atoms with Crippen molar-refractivity contribution in [3.8, 4) is 91.5 Å². The van der Waals surface area contributed by atoms with Gasteiger partial charge in [-0.2, -0.15) is 45.4 Å². The van der Waals surface area contributed by atoms with Crippen molar-refractivity contribution < 1.29 is 51.2 Å². The molecule has 13 aliphatic rings. The molecule has 8 aromatic heterocycles. The maximum atomic E-state index is 14.7. The molecule has 1 amide bonds. The highest BCUT2D eigenvalue weighted by molar-refractivity contribution is 5.93. The summed E-state index contributed by atoms with van der Waals surface area (Å²) in [6.07, 6.45) is 15.2. The van der Waals surface area contributed by atoms with E-state index >= 15 is 0 Å². The lowest BCUT2D eigenvalue weighted by atomic mass is 9.74. The predicted molar refractivity (Wildman–Crippen MR) is 503 cm³/mol. The predicted octanol–water partition coefficient (Wildman–Crippen LogP) is 12.7. The number of fused-ring (bicyclic) bond motifs is 16. The summed E-state index contributed by atoms with van der Waals surface area (Å²) in [5, 5.41) is 24.8. The van der Waals surface area contributed by atoms with Crippen molar-refractivity contribution >= 4 is 51.9 Å². The molecule has 0 radical (unpaired) electrons. The number of hydrogen-bond acceptors (Lipinski definition) is 31. The minimum atomic E-state index is -0.971. The number of hydrogen-bond donors (Lipinski definition) is 10. The summed E-state index contributed by atoms with van der Waals surface area (Å²) in [4.78, 5) is 82.4. The number of aliphatic hydroxyl groups excluding tert-OH is 1. The number of anilines is 8. The van der Waals surface area contributed by atoms with E-state index in [1.165, 1.54) is 30.3 Å². The van der Waals surface area contributed by atoms with E-state index in [9.17, 15) is 27.5 Å². The van der Waals surface area contributed by atoms with E-state index in [0.29, 0.717) is 116 Å². The quantitative estimate of drug-likeness (QED) is 0.0317. The third-order valence-corrected chi connectivity index (χ3v) is 28.6. The van der Waals surface area contributed by atoms with E-state index in [1.54, 1.807) is 57.1 Å². The van der Waals surface area contributed by atoms with Crippen molar-refractivity contribution in [3.05, 3.63) is 213 Å². The van der Waals surface area contributed by atoms with Gasteiger partial charge in [0.05, 0.1) is 72.9 Å². The highest BCUT2D eigenvalue weighted by atomic mass is 19.1. The largest absolute Gasteiger partial charge is 0.423 e. The van der Waals surface area contributed by atoms with Crippen LogP contribution in [0.3, 0.4) is 0 Å². The molecule has 32 nitrogen and oxygen atoms in total. The Morgan fingerprint density at radius 1 is 0.504 bits per heavy atom. The Labute approximate surface area is 776 Å². The zero-order valence-corrected chi connectivity index (χ0v) is 76.1. The van der Waals surface area contributed by atoms with Gasteiger partial charge in [-0.3, -0.25) is 24.7 Å². The van der Waals surface area contributed by atoms with Crippen molar-refractivity contribution in [3.63, 3.8) is 0 Å². The highest BCUT2D eigenvalue weighted by Crippen LogP contribution is 2.58. The summed E-state index contributed by atoms with van der Waals surface area (Å²) >= 11 is 0. The Morgan fingerprint density at radius 3 is 1.27 bits per heavy atom. The maximum Gasteiger partial charge on any atom is 0.324 e. The van der Waals surface area contributed by atoms with E-state index in [4.69, 9.17) is 80.9 Å². The van der Waals surface area contributed by atoms with Crippen LogP contribution < -0.4 is 87.8 Å². The number of nitrogens with zero attached hydrogens (tertiary/aromatic N) is 16. The number of pyridine rings is 4. The maximum absolute atomic E-state index is 14.7. The molecule has 13 N–H and O–H groups in total. The van der Waals surface area contributed by atoms with Gasteiger partial charge in [-0.15, -0.1) is 0 Å². The Balaban J connectivity index is 0.000000108. The molecule has 25 rings (SSSR count). The highest BCUT2D eigenvalue weighted by Gasteiger charge is 2.57. The molecule has 9 fully saturated rings. The second kappa shape index (κ2) is 35.6. The summed E-state index contributed by atoms with van der Waals surface area (Å²) in [5.74, 6) is 5.79. The van der Waals surface area contributed by atoms with Crippen LogP contribution in [-0.4, -0.2) is 194 Å². The number of amides is 1. The lowest BCUT2D eigenvalue weighted by Crippen LogP contribution is -2.50. The SMILES string of the molecule is CNc1cc(F)cc2c1Cc1nc(Oc3ccc(C)nc3)nc(N3CC4CC3C4CN)c1-2.CNc1cc(F)cc2c1Cc1nc(Oc3ccc(C)nc3)nc(N3CC4CCC(N)C3C4)c1-2.CNc1cc(F)cc2c1Cc1nc(Oc3ccc(C)nc3)nc(N3CC4CONC4C3)c1-2.CNc1cc(F)cc2c1Cc1nc(Oc3ccc(C)nc3)nc(N3C[C@@H](NC(=O)[C@@H](N)CO)C4(CC4)C3)c1-2. The molecule has 3 saturated carbocycles. The Morgan fingerprint density at radius 2 is 0.904 bits per heavy atom. The number of nitrogens with two attached hydrogens (primary N) is 3. The van der Waals surface area contributed by atoms with Crippen LogP contribution in [0.15, 0.2) is 122 Å². The molecular weight excluding hydrogens is 1730 g/mol. The van der Waals surface area contributed by atoms with E-state index in [1.807, 2.05) is 90.3 Å². The number of hydroxylamine groups is 1. The molecular formula is C99H105F4N25O7. The first-order chi connectivity index (χ1) is 65.4. The Kier molecular flexibility index (Phi) is 23.2. The van der Waals surface area contributed by atoms with Crippen LogP contribution in [0.1, 0.15) is 106 Å². The van der Waals surface area contributed by atoms with Gasteiger partial charge < -0.3 is 92.3 Å². The number of aliphatic hydroxyl groups is 1. The van der Waals surface area contributed by atoms with Gasteiger partial charge in [-0.1, -0.05) is 0 Å². The van der Waals surface area contributed by atoms with E-state index < -0.39 is 12.6 Å². The standard InChI is InChI=1S/C27H30FN7O3.C25H27FN6O.C24H25FN6O.C23H23FN6O2/c1-14-3-4-16(10-31-14)38-26-32-21-9-17-18(7-15(28)8-20(17)30-2)23(21)24(34-26)35-11-22(27(13-35)5-6-27)33-25(37)19(29)12-36;1-13-3-5-16(11-29-13)33-25-30-21-10-17-18(8-15(26)9-20(17)28-2)23(21)24(31-25)32-12-14-4-6-19(27)22(32)7-14;1-12-3-4-15(10-28-12)32-24-29-20-8-16-17(6-14(25)7-19(16)27-2)22(20)23(30-24)31-11-13-5-21(31)18(13)9-26;1-12-3-4-15(8-26-12)32-23-27-19-7-16-17(5-14(24)6-18(16)25-2)21(19)22(28-23)30-9-13-11-31-29-20(13)10-30/h3-4,7-8,10,19,22,30,36H,5-6,9,11-13,29H2,1-2H3,(H,33,37);3,5,8-9,11,14,19,22,28H,4,6-7,10,12,27H2,1-2H3;3-4,6-7,10,13,18,21,27H,5,8-9,11,26H2,1-2H3;3-6,8,13,20,25,29H,7,9-11H2,1-2H3/t19-,22+;;;/m0.../s1. The molecule has 135 heavy (non-hydrogen) atoms. The van der Waals surface area contributed by atoms with Crippen LogP contribution in [0.5, 0.6) is 47.0 Å². The van der Waals surface area contributed by atoms with E-state index in [-0.39, 0.29) is 82.8 Å². The summed E-state index contributed by atoms with van der Waals surface area (Å²) in [5.41, 5.74) is 42.1. The third kappa shape index (κ3) is 16.7. The normalized spacial score (nSPS) is 21.2. The summed E-state index contributed by atoms with van der Waals surface area (Å²) < 4.78 is 82.2. The third-order valence-electron chi connectivity index (χ3n) is 28.6. The number of nitrogens with one attached hydrogen (secondary N) is 6. The Hall–Kier alpha value is -13.7. The minimum Gasteiger partial charge on any atom is -0.423 e. The molecule has 36 heteroatoms. The van der Waals surface area contributed by atoms with Gasteiger partial charge >= 0.3 is 24.0 Å². The number of carbonyl (C=O) groups excluding carboxylic acids is 1. The molecule has 6 aliphatic heterocycles. The van der Waals surface area contributed by atoms with E-state index in [0.717, 1.165) is 212 Å².